The van der Waals surface area contributed by atoms with Gasteiger partial charge in [-0.1, -0.05) is 60.7 Å². The van der Waals surface area contributed by atoms with Gasteiger partial charge in [-0.3, -0.25) is 0 Å². The fourth-order valence-electron chi connectivity index (χ4n) is 3.71. The van der Waals surface area contributed by atoms with E-state index >= 15 is 0 Å². The Morgan fingerprint density at radius 3 is 1.74 bits per heavy atom. The van der Waals surface area contributed by atoms with Crippen molar-refractivity contribution in [1.82, 2.24) is 0 Å². The van der Waals surface area contributed by atoms with Crippen LogP contribution in [-0.4, -0.2) is 11.1 Å². The predicted molar refractivity (Wildman–Crippen MR) is 90.8 cm³/mol. The third-order valence-corrected chi connectivity index (χ3v) is 4.93. The minimum Gasteiger partial charge on any atom is -0.478 e. The lowest BCUT2D eigenvalue weighted by Gasteiger charge is -2.28. The maximum absolute atomic E-state index is 11.1. The summed E-state index contributed by atoms with van der Waals surface area (Å²) in [4.78, 5) is 11.1. The van der Waals surface area contributed by atoms with Crippen molar-refractivity contribution in [3.05, 3.63) is 95.1 Å². The van der Waals surface area contributed by atoms with Crippen LogP contribution in [-0.2, 0) is 5.41 Å². The van der Waals surface area contributed by atoms with Gasteiger partial charge in [-0.15, -0.1) is 0 Å². The van der Waals surface area contributed by atoms with Crippen LogP contribution in [0.5, 0.6) is 0 Å². The molecule has 0 spiro atoms. The molecule has 23 heavy (non-hydrogen) atoms. The number of carboxylic acids is 1. The molecule has 0 saturated carbocycles. The number of aromatic carboxylic acids is 1. The molecule has 0 aliphatic heterocycles. The minimum absolute atomic E-state index is 0.260. The van der Waals surface area contributed by atoms with Crippen molar-refractivity contribution >= 4 is 5.97 Å². The molecule has 1 aliphatic rings. The molecule has 3 aromatic carbocycles. The molecule has 1 N–H and O–H groups in total. The second-order valence-electron chi connectivity index (χ2n) is 6.10. The summed E-state index contributed by atoms with van der Waals surface area (Å²) in [6, 6.07) is 24.1. The van der Waals surface area contributed by atoms with Crippen LogP contribution in [0.4, 0.5) is 0 Å². The maximum atomic E-state index is 11.1. The molecule has 112 valence electrons. The molecule has 0 aromatic heterocycles. The zero-order chi connectivity index (χ0) is 16.0. The minimum atomic E-state index is -0.895. The van der Waals surface area contributed by atoms with Gasteiger partial charge in [-0.25, -0.2) is 4.79 Å². The van der Waals surface area contributed by atoms with Crippen molar-refractivity contribution in [3.8, 4) is 11.1 Å². The molecular weight excluding hydrogens is 284 g/mol. The van der Waals surface area contributed by atoms with Crippen LogP contribution >= 0.6 is 0 Å². The molecular formula is C21H16O2. The lowest BCUT2D eigenvalue weighted by molar-refractivity contribution is 0.0697. The zero-order valence-electron chi connectivity index (χ0n) is 12.8. The van der Waals surface area contributed by atoms with E-state index in [1.165, 1.54) is 22.3 Å². The monoisotopic (exact) mass is 300 g/mol. The van der Waals surface area contributed by atoms with Crippen LogP contribution in [0.25, 0.3) is 11.1 Å². The molecule has 3 aromatic rings. The van der Waals surface area contributed by atoms with E-state index in [0.29, 0.717) is 5.56 Å². The van der Waals surface area contributed by atoms with Gasteiger partial charge >= 0.3 is 5.97 Å². The molecule has 4 rings (SSSR count). The van der Waals surface area contributed by atoms with Gasteiger partial charge in [0.1, 0.15) is 0 Å². The van der Waals surface area contributed by atoms with Gasteiger partial charge in [0.15, 0.2) is 0 Å². The molecule has 0 fully saturated rings. The van der Waals surface area contributed by atoms with Crippen LogP contribution in [0.3, 0.4) is 0 Å². The number of carboxylic acid groups (broad SMARTS) is 1. The normalized spacial score (nSPS) is 14.1. The first kappa shape index (κ1) is 13.8. The van der Waals surface area contributed by atoms with Gasteiger partial charge in [-0.2, -0.15) is 0 Å². The fourth-order valence-corrected chi connectivity index (χ4v) is 3.71. The number of rotatable bonds is 2. The number of fused-ring (bicyclic) bond motifs is 3. The summed E-state index contributed by atoms with van der Waals surface area (Å²) in [5, 5.41) is 9.12. The van der Waals surface area contributed by atoms with E-state index in [1.807, 2.05) is 12.1 Å². The number of hydrogen-bond acceptors (Lipinski definition) is 1. The Bertz CT molecular complexity index is 862. The molecule has 0 heterocycles. The summed E-state index contributed by atoms with van der Waals surface area (Å²) >= 11 is 0. The van der Waals surface area contributed by atoms with Crippen molar-refractivity contribution in [2.45, 2.75) is 12.3 Å². The molecule has 0 atom stereocenters. The Labute approximate surface area is 135 Å². The summed E-state index contributed by atoms with van der Waals surface area (Å²) in [7, 11) is 0. The lowest BCUT2D eigenvalue weighted by atomic mass is 9.74. The third kappa shape index (κ3) is 1.85. The van der Waals surface area contributed by atoms with Crippen molar-refractivity contribution in [2.24, 2.45) is 0 Å². The van der Waals surface area contributed by atoms with E-state index in [2.05, 4.69) is 55.5 Å². The standard InChI is InChI=1S/C21H16O2/c1-21(15-12-10-14(11-13-15)20(22)23)18-8-4-2-6-16(18)17-7-3-5-9-19(17)21/h2-13H,1H3,(H,22,23). The Balaban J connectivity index is 1.98. The molecule has 0 unspecified atom stereocenters. The highest BCUT2D eigenvalue weighted by molar-refractivity contribution is 5.88. The second-order valence-corrected chi connectivity index (χ2v) is 6.10. The Morgan fingerprint density at radius 2 is 1.26 bits per heavy atom. The van der Waals surface area contributed by atoms with Gasteiger partial charge < -0.3 is 5.11 Å². The van der Waals surface area contributed by atoms with E-state index in [1.54, 1.807) is 12.1 Å². The van der Waals surface area contributed by atoms with E-state index in [4.69, 9.17) is 5.11 Å². The first-order valence-electron chi connectivity index (χ1n) is 7.65. The number of hydrogen-bond donors (Lipinski definition) is 1. The van der Waals surface area contributed by atoms with Crippen LogP contribution in [0.1, 0.15) is 34.0 Å². The number of benzene rings is 3. The van der Waals surface area contributed by atoms with E-state index in [-0.39, 0.29) is 5.41 Å². The fraction of sp³-hybridized carbons (Fsp3) is 0.0952. The molecule has 2 nitrogen and oxygen atoms in total. The highest BCUT2D eigenvalue weighted by Crippen LogP contribution is 2.51. The van der Waals surface area contributed by atoms with Crippen LogP contribution in [0.2, 0.25) is 0 Å². The smallest absolute Gasteiger partial charge is 0.335 e. The summed E-state index contributed by atoms with van der Waals surface area (Å²) in [6.45, 7) is 2.22. The summed E-state index contributed by atoms with van der Waals surface area (Å²) in [5.74, 6) is -0.895. The van der Waals surface area contributed by atoms with Crippen molar-refractivity contribution in [1.29, 1.82) is 0 Å². The first-order valence-corrected chi connectivity index (χ1v) is 7.65. The highest BCUT2D eigenvalue weighted by Gasteiger charge is 2.40. The SMILES string of the molecule is CC1(c2ccc(C(=O)O)cc2)c2ccccc2-c2ccccc21. The average Bonchev–Trinajstić information content (AvgIpc) is 2.86. The summed E-state index contributed by atoms with van der Waals surface area (Å²) in [5.41, 5.74) is 6.22. The van der Waals surface area contributed by atoms with Gasteiger partial charge in [0.25, 0.3) is 0 Å². The Hall–Kier alpha value is -2.87. The van der Waals surface area contributed by atoms with Crippen molar-refractivity contribution in [3.63, 3.8) is 0 Å². The zero-order valence-corrected chi connectivity index (χ0v) is 12.8. The van der Waals surface area contributed by atoms with Crippen LogP contribution in [0.15, 0.2) is 72.8 Å². The summed E-state index contributed by atoms with van der Waals surface area (Å²) < 4.78 is 0. The van der Waals surface area contributed by atoms with Crippen LogP contribution in [0, 0.1) is 0 Å². The average molecular weight is 300 g/mol. The highest BCUT2D eigenvalue weighted by atomic mass is 16.4. The predicted octanol–water partition coefficient (Wildman–Crippen LogP) is 4.72. The Kier molecular flexibility index (Phi) is 2.88. The van der Waals surface area contributed by atoms with Gasteiger partial charge in [0.2, 0.25) is 0 Å². The van der Waals surface area contributed by atoms with E-state index in [0.717, 1.165) is 5.56 Å². The van der Waals surface area contributed by atoms with Gasteiger partial charge in [0, 0.05) is 5.41 Å². The molecule has 2 heteroatoms. The molecule has 0 bridgehead atoms. The Morgan fingerprint density at radius 1 is 0.783 bits per heavy atom. The van der Waals surface area contributed by atoms with Gasteiger partial charge in [0.05, 0.1) is 5.56 Å². The molecule has 1 aliphatic carbocycles. The van der Waals surface area contributed by atoms with Crippen LogP contribution < -0.4 is 0 Å². The third-order valence-electron chi connectivity index (χ3n) is 4.93. The number of carbonyl (C=O) groups is 1. The van der Waals surface area contributed by atoms with Gasteiger partial charge in [-0.05, 0) is 46.9 Å². The second kappa shape index (κ2) is 4.82. The van der Waals surface area contributed by atoms with E-state index in [9.17, 15) is 4.79 Å². The molecule has 0 radical (unpaired) electrons. The first-order chi connectivity index (χ1) is 11.1. The van der Waals surface area contributed by atoms with E-state index < -0.39 is 5.97 Å². The largest absolute Gasteiger partial charge is 0.478 e. The quantitative estimate of drug-likeness (QED) is 0.743. The lowest BCUT2D eigenvalue weighted by Crippen LogP contribution is -2.22. The maximum Gasteiger partial charge on any atom is 0.335 e. The van der Waals surface area contributed by atoms with Crippen molar-refractivity contribution in [2.75, 3.05) is 0 Å². The van der Waals surface area contributed by atoms with Crippen molar-refractivity contribution < 1.29 is 9.90 Å². The summed E-state index contributed by atoms with van der Waals surface area (Å²) in [6.07, 6.45) is 0. The molecule has 0 amide bonds. The molecule has 0 saturated heterocycles. The topological polar surface area (TPSA) is 37.3 Å².